The third-order valence-electron chi connectivity index (χ3n) is 9.24. The highest BCUT2D eigenvalue weighted by Gasteiger charge is 2.26. The summed E-state index contributed by atoms with van der Waals surface area (Å²) in [4.78, 5) is 2.22. The summed E-state index contributed by atoms with van der Waals surface area (Å²) in [5.41, 5.74) is 24.4. The number of nitrogen functional groups attached to an aromatic ring is 2. The fourth-order valence-electron chi connectivity index (χ4n) is 6.47. The molecular formula is C45H39N3O. The lowest BCUT2D eigenvalue weighted by Crippen LogP contribution is -2.20. The summed E-state index contributed by atoms with van der Waals surface area (Å²) in [6, 6.07) is 49.5. The number of nitrogens with two attached hydrogens (primary N) is 2. The number of fused-ring (bicyclic) bond motifs is 1. The largest absolute Gasteiger partial charge is 0.455 e. The van der Waals surface area contributed by atoms with Crippen LogP contribution in [0.25, 0.3) is 22.3 Å². The van der Waals surface area contributed by atoms with E-state index in [1.54, 1.807) is 0 Å². The minimum absolute atomic E-state index is 0.272. The smallest absolute Gasteiger partial charge is 0.150 e. The molecule has 7 rings (SSSR count). The van der Waals surface area contributed by atoms with Gasteiger partial charge in [-0.25, -0.2) is 0 Å². The molecule has 0 saturated heterocycles. The second-order valence-corrected chi connectivity index (χ2v) is 12.8. The second-order valence-electron chi connectivity index (χ2n) is 12.8. The van der Waals surface area contributed by atoms with Gasteiger partial charge >= 0.3 is 0 Å². The van der Waals surface area contributed by atoms with Gasteiger partial charge in [0.05, 0.1) is 11.4 Å². The summed E-state index contributed by atoms with van der Waals surface area (Å²) in [6.07, 6.45) is 6.41. The Balaban J connectivity index is 1.30. The van der Waals surface area contributed by atoms with Gasteiger partial charge in [0.2, 0.25) is 0 Å². The van der Waals surface area contributed by atoms with Gasteiger partial charge < -0.3 is 21.1 Å². The first kappa shape index (κ1) is 31.3. The van der Waals surface area contributed by atoms with E-state index in [2.05, 4.69) is 129 Å². The predicted octanol–water partition coefficient (Wildman–Crippen LogP) is 11.4. The van der Waals surface area contributed by atoms with Crippen LogP contribution in [0.5, 0.6) is 11.5 Å². The third kappa shape index (κ3) is 6.37. The quantitative estimate of drug-likeness (QED) is 0.171. The van der Waals surface area contributed by atoms with Crippen molar-refractivity contribution >= 4 is 33.9 Å². The van der Waals surface area contributed by atoms with Crippen LogP contribution in [-0.2, 0) is 5.41 Å². The number of anilines is 4. The van der Waals surface area contributed by atoms with Gasteiger partial charge in [0, 0.05) is 28.6 Å². The zero-order valence-electron chi connectivity index (χ0n) is 27.8. The van der Waals surface area contributed by atoms with Crippen LogP contribution >= 0.6 is 0 Å². The van der Waals surface area contributed by atoms with Crippen LogP contribution in [-0.4, -0.2) is 0 Å². The minimum Gasteiger partial charge on any atom is -0.455 e. The van der Waals surface area contributed by atoms with Gasteiger partial charge in [0.15, 0.2) is 0 Å². The molecule has 0 fully saturated rings. The van der Waals surface area contributed by atoms with Gasteiger partial charge in [-0.2, -0.15) is 0 Å². The molecule has 0 saturated carbocycles. The Labute approximate surface area is 288 Å². The topological polar surface area (TPSA) is 64.5 Å². The average molecular weight is 638 g/mol. The number of benzene rings is 6. The molecule has 240 valence electrons. The minimum atomic E-state index is -0.272. The summed E-state index contributed by atoms with van der Waals surface area (Å²) in [5, 5.41) is 0. The molecule has 0 aliphatic carbocycles. The first-order valence-electron chi connectivity index (χ1n) is 16.4. The van der Waals surface area contributed by atoms with E-state index in [1.807, 2.05) is 60.7 Å². The normalized spacial score (nSPS) is 14.6. The van der Waals surface area contributed by atoms with Crippen LogP contribution in [0.1, 0.15) is 36.1 Å². The number of nitrogens with zero attached hydrogens (tertiary/aromatic N) is 1. The molecule has 0 spiro atoms. The predicted molar refractivity (Wildman–Crippen MR) is 207 cm³/mol. The van der Waals surface area contributed by atoms with Gasteiger partial charge in [-0.15, -0.1) is 0 Å². The Morgan fingerprint density at radius 3 is 2.12 bits per heavy atom. The highest BCUT2D eigenvalue weighted by Crippen LogP contribution is 2.41. The molecule has 49 heavy (non-hydrogen) atoms. The van der Waals surface area contributed by atoms with E-state index >= 15 is 0 Å². The van der Waals surface area contributed by atoms with Crippen molar-refractivity contribution in [3.8, 4) is 22.6 Å². The lowest BCUT2D eigenvalue weighted by atomic mass is 9.76. The lowest BCUT2D eigenvalue weighted by Gasteiger charge is -2.28. The molecule has 0 atom stereocenters. The maximum Gasteiger partial charge on any atom is 0.150 e. The molecule has 1 aliphatic heterocycles. The van der Waals surface area contributed by atoms with Gasteiger partial charge in [-0.05, 0) is 106 Å². The van der Waals surface area contributed by atoms with Crippen molar-refractivity contribution in [1.82, 2.24) is 0 Å². The summed E-state index contributed by atoms with van der Waals surface area (Å²) in [5.74, 6) is 1.34. The fraction of sp³-hybridized carbons (Fsp3) is 0.0667. The van der Waals surface area contributed by atoms with E-state index in [4.69, 9.17) is 16.2 Å². The van der Waals surface area contributed by atoms with Crippen molar-refractivity contribution in [3.63, 3.8) is 0 Å². The van der Waals surface area contributed by atoms with Crippen molar-refractivity contribution in [2.45, 2.75) is 19.3 Å². The number of hydrogen-bond acceptors (Lipinski definition) is 4. The second kappa shape index (κ2) is 13.1. The van der Waals surface area contributed by atoms with Gasteiger partial charge in [0.25, 0.3) is 0 Å². The van der Waals surface area contributed by atoms with Crippen molar-refractivity contribution in [3.05, 3.63) is 193 Å². The fourth-order valence-corrected chi connectivity index (χ4v) is 6.47. The molecule has 6 aromatic rings. The van der Waals surface area contributed by atoms with Gasteiger partial charge in [0.1, 0.15) is 11.5 Å². The first-order chi connectivity index (χ1) is 23.8. The Morgan fingerprint density at radius 1 is 0.633 bits per heavy atom. The van der Waals surface area contributed by atoms with Gasteiger partial charge in [-0.1, -0.05) is 111 Å². The van der Waals surface area contributed by atoms with Crippen molar-refractivity contribution in [2.75, 3.05) is 16.4 Å². The van der Waals surface area contributed by atoms with E-state index in [-0.39, 0.29) is 5.41 Å². The molecule has 1 aliphatic rings. The summed E-state index contributed by atoms with van der Waals surface area (Å²) in [7, 11) is 0. The van der Waals surface area contributed by atoms with E-state index < -0.39 is 0 Å². The molecule has 1 heterocycles. The Bertz CT molecular complexity index is 2230. The van der Waals surface area contributed by atoms with Crippen LogP contribution in [0.2, 0.25) is 0 Å². The van der Waals surface area contributed by atoms with E-state index in [9.17, 15) is 0 Å². The van der Waals surface area contributed by atoms with Crippen LogP contribution in [0.4, 0.5) is 22.7 Å². The molecule has 0 amide bonds. The number of rotatable bonds is 7. The maximum absolute atomic E-state index is 6.44. The van der Waals surface area contributed by atoms with Crippen molar-refractivity contribution in [2.24, 2.45) is 0 Å². The van der Waals surface area contributed by atoms with Crippen molar-refractivity contribution < 1.29 is 4.74 Å². The van der Waals surface area contributed by atoms with E-state index in [0.29, 0.717) is 17.2 Å². The van der Waals surface area contributed by atoms with Crippen LogP contribution in [0, 0.1) is 0 Å². The summed E-state index contributed by atoms with van der Waals surface area (Å²) in [6.45, 7) is 9.06. The van der Waals surface area contributed by atoms with Crippen LogP contribution in [0.3, 0.4) is 0 Å². The Kier molecular flexibility index (Phi) is 8.38. The molecule has 0 radical (unpaired) electrons. The number of hydrogen-bond donors (Lipinski definition) is 2. The molecule has 4 heteroatoms. The summed E-state index contributed by atoms with van der Waals surface area (Å²) >= 11 is 0. The van der Waals surface area contributed by atoms with Gasteiger partial charge in [-0.3, -0.25) is 0 Å². The monoisotopic (exact) mass is 637 g/mol. The highest BCUT2D eigenvalue weighted by atomic mass is 16.5. The zero-order valence-corrected chi connectivity index (χ0v) is 27.8. The molecule has 0 bridgehead atoms. The average Bonchev–Trinajstić information content (AvgIpc) is 3.12. The molecular weight excluding hydrogens is 599 g/mol. The van der Waals surface area contributed by atoms with E-state index in [1.165, 1.54) is 5.56 Å². The number of para-hydroxylation sites is 4. The Morgan fingerprint density at radius 2 is 1.33 bits per heavy atom. The SMILES string of the molecule is C=C1/C=C(c2cccc(Oc3ccccc3N)c2)\C=C/N(c2ccccc2)c2ccc(-c3cccc(C(C)(C)c4ccccc4N)c3)cc21. The number of allylic oxidation sites excluding steroid dienone is 4. The molecule has 4 N–H and O–H groups in total. The maximum atomic E-state index is 6.44. The van der Waals surface area contributed by atoms with Crippen molar-refractivity contribution in [1.29, 1.82) is 0 Å². The first-order valence-corrected chi connectivity index (χ1v) is 16.4. The third-order valence-corrected chi connectivity index (χ3v) is 9.24. The van der Waals surface area contributed by atoms with Crippen LogP contribution in [0.15, 0.2) is 171 Å². The summed E-state index contributed by atoms with van der Waals surface area (Å²) < 4.78 is 6.19. The molecule has 4 nitrogen and oxygen atoms in total. The lowest BCUT2D eigenvalue weighted by molar-refractivity contribution is 0.485. The highest BCUT2D eigenvalue weighted by molar-refractivity contribution is 5.95. The van der Waals surface area contributed by atoms with E-state index in [0.717, 1.165) is 56.0 Å². The van der Waals surface area contributed by atoms with Crippen LogP contribution < -0.4 is 21.1 Å². The number of ether oxygens (including phenoxy) is 1. The molecule has 6 aromatic carbocycles. The molecule has 0 aromatic heterocycles. The molecule has 0 unspecified atom stereocenters. The standard InChI is InChI=1S/C45H39N3O/c1-31-27-35(33-14-12-18-38(29-33)49-44-22-10-9-21-42(44)47)25-26-48(37-16-5-4-6-17-37)43-24-23-34(30-39(31)43)32-13-11-15-36(28-32)45(2,3)40-19-7-8-20-41(40)46/h4-30H,1,46-47H2,2-3H3/b26-25-,35-27+. The Hall–Kier alpha value is -6.26. The zero-order chi connectivity index (χ0) is 34.0.